The van der Waals surface area contributed by atoms with Crippen molar-refractivity contribution in [2.45, 2.75) is 13.5 Å². The van der Waals surface area contributed by atoms with Crippen molar-refractivity contribution in [1.82, 2.24) is 9.55 Å². The summed E-state index contributed by atoms with van der Waals surface area (Å²) >= 11 is 0. The van der Waals surface area contributed by atoms with Crippen molar-refractivity contribution in [2.75, 3.05) is 36.9 Å². The van der Waals surface area contributed by atoms with Gasteiger partial charge in [-0.2, -0.15) is 0 Å². The Labute approximate surface area is 151 Å². The molecule has 0 amide bonds. The fourth-order valence-corrected chi connectivity index (χ4v) is 3.42. The van der Waals surface area contributed by atoms with Gasteiger partial charge in [0, 0.05) is 13.1 Å². The molecule has 0 atom stereocenters. The first-order valence-corrected chi connectivity index (χ1v) is 8.81. The Morgan fingerprint density at radius 3 is 2.62 bits per heavy atom. The molecule has 1 aliphatic heterocycles. The van der Waals surface area contributed by atoms with E-state index in [4.69, 9.17) is 10.5 Å². The third-order valence-corrected chi connectivity index (χ3v) is 4.83. The van der Waals surface area contributed by atoms with Gasteiger partial charge in [-0.05, 0) is 24.6 Å². The Bertz CT molecular complexity index is 992. The lowest BCUT2D eigenvalue weighted by Crippen LogP contribution is -2.36. The Morgan fingerprint density at radius 1 is 1.15 bits per heavy atom. The molecule has 0 aliphatic carbocycles. The molecular formula is C20H22N4O2. The van der Waals surface area contributed by atoms with E-state index in [1.165, 1.54) is 0 Å². The Hall–Kier alpha value is -2.86. The van der Waals surface area contributed by atoms with E-state index < -0.39 is 0 Å². The number of ether oxygens (including phenoxy) is 1. The second-order valence-electron chi connectivity index (χ2n) is 6.56. The number of morpholine rings is 1. The number of nitrogen functional groups attached to an aromatic ring is 1. The SMILES string of the molecule is Cc1nc2cc(N3CCOCC3)c(N)cc2c(=O)n1Cc1ccccc1. The van der Waals surface area contributed by atoms with Gasteiger partial charge in [0.15, 0.2) is 0 Å². The maximum absolute atomic E-state index is 13.0. The molecule has 6 nitrogen and oxygen atoms in total. The molecular weight excluding hydrogens is 328 g/mol. The number of anilines is 2. The molecule has 1 fully saturated rings. The lowest BCUT2D eigenvalue weighted by molar-refractivity contribution is 0.123. The van der Waals surface area contributed by atoms with Crippen LogP contribution in [0.4, 0.5) is 11.4 Å². The first-order chi connectivity index (χ1) is 12.6. The lowest BCUT2D eigenvalue weighted by atomic mass is 10.1. The fourth-order valence-electron chi connectivity index (χ4n) is 3.42. The number of aromatic nitrogens is 2. The van der Waals surface area contributed by atoms with E-state index in [2.05, 4.69) is 9.88 Å². The average molecular weight is 350 g/mol. The third-order valence-electron chi connectivity index (χ3n) is 4.83. The van der Waals surface area contributed by atoms with E-state index in [-0.39, 0.29) is 5.56 Å². The summed E-state index contributed by atoms with van der Waals surface area (Å²) in [5.41, 5.74) is 9.49. The van der Waals surface area contributed by atoms with Crippen LogP contribution in [0.3, 0.4) is 0 Å². The van der Waals surface area contributed by atoms with Gasteiger partial charge in [0.1, 0.15) is 5.82 Å². The van der Waals surface area contributed by atoms with E-state index >= 15 is 0 Å². The van der Waals surface area contributed by atoms with Crippen LogP contribution in [0, 0.1) is 6.92 Å². The van der Waals surface area contributed by atoms with Crippen molar-refractivity contribution in [3.63, 3.8) is 0 Å². The molecule has 2 N–H and O–H groups in total. The van der Waals surface area contributed by atoms with Crippen LogP contribution >= 0.6 is 0 Å². The van der Waals surface area contributed by atoms with Crippen LogP contribution in [-0.2, 0) is 11.3 Å². The van der Waals surface area contributed by atoms with Crippen LogP contribution in [0.5, 0.6) is 0 Å². The van der Waals surface area contributed by atoms with E-state index in [1.54, 1.807) is 10.6 Å². The predicted molar refractivity (Wildman–Crippen MR) is 104 cm³/mol. The summed E-state index contributed by atoms with van der Waals surface area (Å²) in [6.07, 6.45) is 0. The van der Waals surface area contributed by atoms with E-state index in [0.717, 1.165) is 24.3 Å². The molecule has 2 aromatic carbocycles. The van der Waals surface area contributed by atoms with Crippen molar-refractivity contribution in [3.8, 4) is 0 Å². The fraction of sp³-hybridized carbons (Fsp3) is 0.300. The molecule has 2 heterocycles. The van der Waals surface area contributed by atoms with E-state index in [9.17, 15) is 4.79 Å². The zero-order valence-electron chi connectivity index (χ0n) is 14.8. The van der Waals surface area contributed by atoms with Gasteiger partial charge in [0.25, 0.3) is 5.56 Å². The molecule has 134 valence electrons. The van der Waals surface area contributed by atoms with Gasteiger partial charge in [-0.3, -0.25) is 9.36 Å². The number of nitrogens with zero attached hydrogens (tertiary/aromatic N) is 3. The van der Waals surface area contributed by atoms with Crippen molar-refractivity contribution in [2.24, 2.45) is 0 Å². The quantitative estimate of drug-likeness (QED) is 0.733. The van der Waals surface area contributed by atoms with Crippen molar-refractivity contribution < 1.29 is 4.74 Å². The highest BCUT2D eigenvalue weighted by Crippen LogP contribution is 2.28. The van der Waals surface area contributed by atoms with Gasteiger partial charge in [-0.1, -0.05) is 30.3 Å². The third kappa shape index (κ3) is 3.04. The van der Waals surface area contributed by atoms with Gasteiger partial charge in [0.05, 0.1) is 42.0 Å². The Morgan fingerprint density at radius 2 is 1.88 bits per heavy atom. The normalized spacial score (nSPS) is 14.7. The second-order valence-corrected chi connectivity index (χ2v) is 6.56. The highest BCUT2D eigenvalue weighted by Gasteiger charge is 2.17. The summed E-state index contributed by atoms with van der Waals surface area (Å²) in [6.45, 7) is 5.32. The summed E-state index contributed by atoms with van der Waals surface area (Å²) < 4.78 is 7.11. The summed E-state index contributed by atoms with van der Waals surface area (Å²) in [6, 6.07) is 13.6. The highest BCUT2D eigenvalue weighted by molar-refractivity contribution is 5.88. The average Bonchev–Trinajstić information content (AvgIpc) is 2.67. The molecule has 0 bridgehead atoms. The number of aryl methyl sites for hydroxylation is 1. The molecule has 0 unspecified atom stereocenters. The van der Waals surface area contributed by atoms with Crippen molar-refractivity contribution in [1.29, 1.82) is 0 Å². The minimum Gasteiger partial charge on any atom is -0.397 e. The Balaban J connectivity index is 1.79. The minimum atomic E-state index is -0.0587. The smallest absolute Gasteiger partial charge is 0.261 e. The maximum atomic E-state index is 13.0. The van der Waals surface area contributed by atoms with E-state index in [0.29, 0.717) is 42.2 Å². The second kappa shape index (κ2) is 6.80. The van der Waals surface area contributed by atoms with Crippen LogP contribution in [0.2, 0.25) is 0 Å². The molecule has 3 aromatic rings. The number of nitrogens with two attached hydrogens (primary N) is 1. The molecule has 1 saturated heterocycles. The molecule has 6 heteroatoms. The molecule has 1 aliphatic rings. The lowest BCUT2D eigenvalue weighted by Gasteiger charge is -2.30. The summed E-state index contributed by atoms with van der Waals surface area (Å²) in [4.78, 5) is 19.9. The molecule has 0 spiro atoms. The molecule has 4 rings (SSSR count). The summed E-state index contributed by atoms with van der Waals surface area (Å²) in [5.74, 6) is 0.698. The van der Waals surface area contributed by atoms with Crippen molar-refractivity contribution >= 4 is 22.3 Å². The highest BCUT2D eigenvalue weighted by atomic mass is 16.5. The maximum Gasteiger partial charge on any atom is 0.261 e. The summed E-state index contributed by atoms with van der Waals surface area (Å²) in [5, 5.41) is 0.557. The predicted octanol–water partition coefficient (Wildman–Crippen LogP) is 2.17. The van der Waals surface area contributed by atoms with Crippen molar-refractivity contribution in [3.05, 3.63) is 64.2 Å². The minimum absolute atomic E-state index is 0.0587. The topological polar surface area (TPSA) is 73.4 Å². The standard InChI is InChI=1S/C20H22N4O2/c1-14-22-18-12-19(23-7-9-26-10-8-23)17(21)11-16(18)20(25)24(14)13-15-5-3-2-4-6-15/h2-6,11-12H,7-10,13,21H2,1H3. The van der Waals surface area contributed by atoms with Gasteiger partial charge < -0.3 is 15.4 Å². The number of hydrogen-bond donors (Lipinski definition) is 1. The van der Waals surface area contributed by atoms with Crippen LogP contribution < -0.4 is 16.2 Å². The first kappa shape index (κ1) is 16.6. The number of rotatable bonds is 3. The number of fused-ring (bicyclic) bond motifs is 1. The zero-order valence-corrected chi connectivity index (χ0v) is 14.8. The van der Waals surface area contributed by atoms with Gasteiger partial charge >= 0.3 is 0 Å². The zero-order chi connectivity index (χ0) is 18.1. The molecule has 1 aromatic heterocycles. The number of benzene rings is 2. The van der Waals surface area contributed by atoms with Crippen LogP contribution in [0.1, 0.15) is 11.4 Å². The summed E-state index contributed by atoms with van der Waals surface area (Å²) in [7, 11) is 0. The Kier molecular flexibility index (Phi) is 4.34. The van der Waals surface area contributed by atoms with Crippen LogP contribution in [-0.4, -0.2) is 35.9 Å². The molecule has 0 saturated carbocycles. The van der Waals surface area contributed by atoms with Gasteiger partial charge in [-0.25, -0.2) is 4.98 Å². The van der Waals surface area contributed by atoms with Crippen LogP contribution in [0.15, 0.2) is 47.3 Å². The van der Waals surface area contributed by atoms with Gasteiger partial charge in [-0.15, -0.1) is 0 Å². The molecule has 26 heavy (non-hydrogen) atoms. The van der Waals surface area contributed by atoms with Crippen LogP contribution in [0.25, 0.3) is 10.9 Å². The van der Waals surface area contributed by atoms with Gasteiger partial charge in [0.2, 0.25) is 0 Å². The molecule has 0 radical (unpaired) electrons. The monoisotopic (exact) mass is 350 g/mol. The van der Waals surface area contributed by atoms with E-state index in [1.807, 2.05) is 43.3 Å². The number of hydrogen-bond acceptors (Lipinski definition) is 5. The largest absolute Gasteiger partial charge is 0.397 e. The first-order valence-electron chi connectivity index (χ1n) is 8.81.